The van der Waals surface area contributed by atoms with Crippen molar-refractivity contribution in [3.63, 3.8) is 0 Å². The van der Waals surface area contributed by atoms with Crippen LogP contribution in [0.4, 0.5) is 4.79 Å². The van der Waals surface area contributed by atoms with Crippen molar-refractivity contribution in [3.05, 3.63) is 16.6 Å². The second kappa shape index (κ2) is 40.0. The van der Waals surface area contributed by atoms with Crippen molar-refractivity contribution in [2.24, 2.45) is 0 Å². The molecule has 0 fully saturated rings. The van der Waals surface area contributed by atoms with Crippen LogP contribution < -0.4 is 0 Å². The highest BCUT2D eigenvalue weighted by Crippen LogP contribution is 2.06. The highest BCUT2D eigenvalue weighted by atomic mass is 32.1. The van der Waals surface area contributed by atoms with Crippen molar-refractivity contribution < 1.29 is 14.6 Å². The molecule has 0 unspecified atom stereocenters. The molecule has 0 atom stereocenters. The Kier molecular flexibility index (Phi) is 32.0. The highest BCUT2D eigenvalue weighted by molar-refractivity contribution is 7.09. The maximum Gasteiger partial charge on any atom is 0.506 e. The van der Waals surface area contributed by atoms with Crippen LogP contribution in [0.25, 0.3) is 0 Å². The van der Waals surface area contributed by atoms with E-state index in [-0.39, 0.29) is 6.61 Å². The SMILES string of the molecule is C#CC#CC#CC#CC#CC#CC#CC#CC#CC#CC#CC#CC#CC#CC#CC#CC#CC#CC#CC#CC#CC#CC#C.O=C(O)OCc1cncs1. The average Bonchev–Trinajstić information content (AvgIpc) is 3.73. The number of ether oxygens (including phenoxy) is 1. The van der Waals surface area contributed by atoms with E-state index < -0.39 is 6.16 Å². The molecule has 56 heavy (non-hydrogen) atoms. The summed E-state index contributed by atoms with van der Waals surface area (Å²) in [6, 6.07) is 0. The van der Waals surface area contributed by atoms with Crippen LogP contribution in [-0.2, 0) is 11.3 Å². The van der Waals surface area contributed by atoms with Gasteiger partial charge in [0.1, 0.15) is 6.61 Å². The molecule has 0 aromatic carbocycles. The molecule has 0 saturated heterocycles. The van der Waals surface area contributed by atoms with Gasteiger partial charge in [0.05, 0.1) is 10.4 Å². The fourth-order valence-electron chi connectivity index (χ4n) is 1.77. The molecule has 0 aliphatic carbocycles. The summed E-state index contributed by atoms with van der Waals surface area (Å²) in [6.45, 7) is 0.0972. The maximum absolute atomic E-state index is 9.86. The zero-order valence-corrected chi connectivity index (χ0v) is 29.0. The third-order valence-corrected chi connectivity index (χ3v) is 4.28. The summed E-state index contributed by atoms with van der Waals surface area (Å²) in [6.07, 6.45) is 10.2. The summed E-state index contributed by atoms with van der Waals surface area (Å²) < 4.78 is 4.27. The third-order valence-electron chi connectivity index (χ3n) is 3.53. The van der Waals surface area contributed by atoms with Crippen LogP contribution >= 0.6 is 11.3 Å². The molecular formula is C51H7NO3S. The largest absolute Gasteiger partial charge is 0.506 e. The lowest BCUT2D eigenvalue weighted by Crippen LogP contribution is -1.98. The molecule has 0 bridgehead atoms. The predicted octanol–water partition coefficient (Wildman–Crippen LogP) is 1.66. The lowest BCUT2D eigenvalue weighted by atomic mass is 10.4. The molecule has 0 radical (unpaired) electrons. The predicted molar refractivity (Wildman–Crippen MR) is 216 cm³/mol. The van der Waals surface area contributed by atoms with Crippen LogP contribution in [-0.4, -0.2) is 16.2 Å². The fourth-order valence-corrected chi connectivity index (χ4v) is 2.27. The first-order valence-electron chi connectivity index (χ1n) is 13.8. The molecule has 5 heteroatoms. The summed E-state index contributed by atoms with van der Waals surface area (Å²) in [5.74, 6) is 108. The number of hydrogen-bond acceptors (Lipinski definition) is 4. The molecule has 1 heterocycles. The number of thiazole rings is 1. The lowest BCUT2D eigenvalue weighted by molar-refractivity contribution is 0.0862. The molecule has 0 spiro atoms. The molecule has 0 aliphatic heterocycles. The Balaban J connectivity index is 0.00000259. The number of aromatic nitrogens is 1. The third kappa shape index (κ3) is 39.0. The van der Waals surface area contributed by atoms with Crippen LogP contribution in [0.1, 0.15) is 4.88 Å². The number of hydrogen-bond donors (Lipinski definition) is 1. The van der Waals surface area contributed by atoms with E-state index in [4.69, 9.17) is 18.0 Å². The van der Waals surface area contributed by atoms with Gasteiger partial charge in [0.25, 0.3) is 0 Å². The molecule has 0 saturated carbocycles. The molecule has 4 nitrogen and oxygen atoms in total. The number of terminal acetylenes is 2. The van der Waals surface area contributed by atoms with Gasteiger partial charge >= 0.3 is 6.16 Å². The van der Waals surface area contributed by atoms with E-state index >= 15 is 0 Å². The van der Waals surface area contributed by atoms with E-state index in [2.05, 4.69) is 270 Å². The minimum Gasteiger partial charge on any atom is -0.450 e. The summed E-state index contributed by atoms with van der Waals surface area (Å²) >= 11 is 1.37. The van der Waals surface area contributed by atoms with Crippen LogP contribution in [0.15, 0.2) is 11.7 Å². The Bertz CT molecular complexity index is 3000. The molecule has 1 N–H and O–H groups in total. The molecule has 1 rings (SSSR count). The van der Waals surface area contributed by atoms with Crippen molar-refractivity contribution in [1.82, 2.24) is 4.98 Å². The van der Waals surface area contributed by atoms with Crippen LogP contribution in [0.3, 0.4) is 0 Å². The van der Waals surface area contributed by atoms with Gasteiger partial charge in [0.2, 0.25) is 0 Å². The first kappa shape index (κ1) is 44.8. The van der Waals surface area contributed by atoms with E-state index in [0.717, 1.165) is 4.88 Å². The van der Waals surface area contributed by atoms with Gasteiger partial charge in [-0.3, -0.25) is 4.98 Å². The second-order valence-corrected chi connectivity index (χ2v) is 8.03. The number of carbonyl (C=O) groups is 1. The Morgan fingerprint density at radius 1 is 0.429 bits per heavy atom. The van der Waals surface area contributed by atoms with E-state index in [1.54, 1.807) is 11.7 Å². The number of carboxylic acid groups (broad SMARTS) is 1. The van der Waals surface area contributed by atoms with Gasteiger partial charge in [-0.25, -0.2) is 4.79 Å². The monoisotopic (exact) mass is 713 g/mol. The minimum atomic E-state index is -1.26. The van der Waals surface area contributed by atoms with Crippen LogP contribution in [0.5, 0.6) is 0 Å². The smallest absolute Gasteiger partial charge is 0.450 e. The van der Waals surface area contributed by atoms with Crippen molar-refractivity contribution in [2.45, 2.75) is 6.61 Å². The Morgan fingerprint density at radius 2 is 0.625 bits per heavy atom. The van der Waals surface area contributed by atoms with Gasteiger partial charge in [-0.05, 0) is 94.7 Å². The minimum absolute atomic E-state index is 0.0972. The molecule has 0 amide bonds. The fraction of sp³-hybridized carbons (Fsp3) is 0.0196. The van der Waals surface area contributed by atoms with Crippen molar-refractivity contribution >= 4 is 17.5 Å². The molecule has 1 aromatic heterocycles. The van der Waals surface area contributed by atoms with Gasteiger partial charge in [0.15, 0.2) is 0 Å². The molecular weight excluding hydrogens is 707 g/mol. The molecule has 240 valence electrons. The quantitative estimate of drug-likeness (QED) is 0.375. The van der Waals surface area contributed by atoms with Gasteiger partial charge < -0.3 is 9.84 Å². The first-order valence-corrected chi connectivity index (χ1v) is 14.7. The standard InChI is InChI=1S/C46H2.C5H5NO3S/c1-3-5-7-9-11-13-15-17-19-21-23-25-27-29-31-33-35-37-39-41-43-45-46-44-42-40-38-36-34-32-30-28-26-24-22-20-18-16-14-12-10-8-6-4-2;7-5(8)9-2-4-1-6-3-10-4/h1-2H;1,3H,2H2,(H,7,8). The van der Waals surface area contributed by atoms with Crippen molar-refractivity contribution in [1.29, 1.82) is 0 Å². The molecule has 0 aliphatic rings. The Labute approximate surface area is 332 Å². The van der Waals surface area contributed by atoms with Crippen molar-refractivity contribution in [2.75, 3.05) is 0 Å². The van der Waals surface area contributed by atoms with Gasteiger partial charge in [-0.15, -0.1) is 24.2 Å². The number of rotatable bonds is 2. The van der Waals surface area contributed by atoms with Crippen LogP contribution in [0.2, 0.25) is 0 Å². The van der Waals surface area contributed by atoms with E-state index in [1.807, 2.05) is 0 Å². The highest BCUT2D eigenvalue weighted by Gasteiger charge is 1.98. The second-order valence-electron chi connectivity index (χ2n) is 7.06. The maximum atomic E-state index is 9.86. The van der Waals surface area contributed by atoms with E-state index in [0.29, 0.717) is 0 Å². The first-order chi connectivity index (χ1) is 27.7. The zero-order valence-electron chi connectivity index (χ0n) is 28.1. The zero-order chi connectivity index (χ0) is 40.5. The summed E-state index contributed by atoms with van der Waals surface area (Å²) in [7, 11) is 0. The van der Waals surface area contributed by atoms with E-state index in [9.17, 15) is 4.79 Å². The Hall–Kier alpha value is -11.2. The topological polar surface area (TPSA) is 59.4 Å². The van der Waals surface area contributed by atoms with Crippen molar-refractivity contribution in [3.8, 4) is 273 Å². The number of nitrogens with zero attached hydrogens (tertiary/aromatic N) is 1. The summed E-state index contributed by atoms with van der Waals surface area (Å²) in [5, 5.41) is 8.07. The van der Waals surface area contributed by atoms with Gasteiger partial charge in [-0.1, -0.05) is 0 Å². The van der Waals surface area contributed by atoms with E-state index in [1.165, 1.54) is 11.3 Å². The van der Waals surface area contributed by atoms with Crippen LogP contribution in [0, 0.1) is 273 Å². The normalized spacial score (nSPS) is 4.82. The van der Waals surface area contributed by atoms with Gasteiger partial charge in [-0.2, -0.15) is 0 Å². The molecule has 1 aromatic rings. The summed E-state index contributed by atoms with van der Waals surface area (Å²) in [4.78, 5) is 14.4. The van der Waals surface area contributed by atoms with Gasteiger partial charge in [0, 0.05) is 172 Å². The summed E-state index contributed by atoms with van der Waals surface area (Å²) in [5.41, 5.74) is 1.63. The lowest BCUT2D eigenvalue weighted by Gasteiger charge is -1.93. The Morgan fingerprint density at radius 3 is 0.768 bits per heavy atom. The average molecular weight is 714 g/mol.